The molecule has 3 aromatic carbocycles. The van der Waals surface area contributed by atoms with Crippen molar-refractivity contribution in [3.05, 3.63) is 78.4 Å². The van der Waals surface area contributed by atoms with Gasteiger partial charge in [0.25, 0.3) is 0 Å². The van der Waals surface area contributed by atoms with Crippen LogP contribution >= 0.6 is 0 Å². The zero-order chi connectivity index (χ0) is 21.9. The average molecular weight is 425 g/mol. The molecule has 1 atom stereocenters. The second-order valence-corrected chi connectivity index (χ2v) is 7.92. The van der Waals surface area contributed by atoms with Crippen LogP contribution in [0.2, 0.25) is 0 Å². The number of carbonyl (C=O) groups is 1. The van der Waals surface area contributed by atoms with Gasteiger partial charge >= 0.3 is 0 Å². The monoisotopic (exact) mass is 424 g/mol. The van der Waals surface area contributed by atoms with Crippen LogP contribution < -0.4 is 10.2 Å². The van der Waals surface area contributed by atoms with Crippen LogP contribution in [0.4, 0.5) is 11.4 Å². The predicted octanol–water partition coefficient (Wildman–Crippen LogP) is 4.66. The molecule has 160 valence electrons. The Labute approximate surface area is 186 Å². The molecule has 0 radical (unpaired) electrons. The van der Waals surface area contributed by atoms with Crippen LogP contribution in [0.1, 0.15) is 25.3 Å². The average Bonchev–Trinajstić information content (AvgIpc) is 3.37. The fraction of sp³-hybridized carbons (Fsp3) is 0.200. The first-order valence-corrected chi connectivity index (χ1v) is 10.8. The minimum Gasteiger partial charge on any atom is -0.353 e. The summed E-state index contributed by atoms with van der Waals surface area (Å²) in [4.78, 5) is 15.0. The lowest BCUT2D eigenvalue weighted by molar-refractivity contribution is -0.117. The van der Waals surface area contributed by atoms with E-state index < -0.39 is 0 Å². The highest BCUT2D eigenvalue weighted by atomic mass is 16.2. The van der Waals surface area contributed by atoms with Gasteiger partial charge in [0, 0.05) is 12.1 Å². The van der Waals surface area contributed by atoms with Gasteiger partial charge in [-0.25, -0.2) is 0 Å². The van der Waals surface area contributed by atoms with Crippen molar-refractivity contribution in [1.82, 2.24) is 20.6 Å². The third-order valence-electron chi connectivity index (χ3n) is 5.84. The highest BCUT2D eigenvalue weighted by molar-refractivity contribution is 6.03. The number of rotatable bonds is 6. The lowest BCUT2D eigenvalue weighted by Gasteiger charge is -2.38. The van der Waals surface area contributed by atoms with Crippen molar-refractivity contribution in [3.63, 3.8) is 0 Å². The van der Waals surface area contributed by atoms with Crippen molar-refractivity contribution in [2.24, 2.45) is 0 Å². The zero-order valence-electron chi connectivity index (χ0n) is 17.8. The predicted molar refractivity (Wildman–Crippen MR) is 125 cm³/mol. The number of fused-ring (bicyclic) bond motifs is 1. The van der Waals surface area contributed by atoms with Crippen molar-refractivity contribution in [1.29, 1.82) is 0 Å². The number of nitrogens with one attached hydrogen (secondary N) is 2. The molecule has 2 heterocycles. The molecule has 1 amide bonds. The molecule has 0 saturated carbocycles. The van der Waals surface area contributed by atoms with Crippen LogP contribution in [0.3, 0.4) is 0 Å². The number of amides is 1. The summed E-state index contributed by atoms with van der Waals surface area (Å²) in [7, 11) is 0. The largest absolute Gasteiger partial charge is 0.353 e. The number of hydrogen-bond acceptors (Lipinski definition) is 5. The van der Waals surface area contributed by atoms with E-state index in [2.05, 4.69) is 74.2 Å². The summed E-state index contributed by atoms with van der Waals surface area (Å²) in [6.45, 7) is 2.78. The van der Waals surface area contributed by atoms with Crippen molar-refractivity contribution in [3.8, 4) is 22.5 Å². The van der Waals surface area contributed by atoms with Crippen molar-refractivity contribution in [2.75, 3.05) is 10.2 Å². The Hall–Kier alpha value is -4.00. The van der Waals surface area contributed by atoms with Crippen molar-refractivity contribution in [2.45, 2.75) is 32.4 Å². The van der Waals surface area contributed by atoms with Crippen LogP contribution in [0, 0.1) is 0 Å². The highest BCUT2D eigenvalue weighted by Crippen LogP contribution is 2.35. The van der Waals surface area contributed by atoms with Gasteiger partial charge in [-0.15, -0.1) is 10.2 Å². The number of benzene rings is 3. The van der Waals surface area contributed by atoms with Crippen LogP contribution in [-0.4, -0.2) is 32.6 Å². The molecule has 0 spiro atoms. The third-order valence-corrected chi connectivity index (χ3v) is 5.84. The van der Waals surface area contributed by atoms with E-state index in [1.807, 2.05) is 36.4 Å². The van der Waals surface area contributed by atoms with Gasteiger partial charge in [0.1, 0.15) is 6.04 Å². The molecule has 1 aliphatic rings. The van der Waals surface area contributed by atoms with E-state index in [0.29, 0.717) is 12.4 Å². The maximum absolute atomic E-state index is 12.8. The van der Waals surface area contributed by atoms with E-state index in [9.17, 15) is 4.79 Å². The van der Waals surface area contributed by atoms with Gasteiger partial charge in [-0.3, -0.25) is 4.79 Å². The molecule has 0 aliphatic carbocycles. The third kappa shape index (κ3) is 3.73. The standard InChI is InChI=1S/C25H24N6O/c1-2-7-23-25(32)26-21-10-5-6-11-22(21)31(23)16-17-12-14-18(15-13-17)19-8-3-4-9-20(19)24-27-29-30-28-24/h3-6,8-15,23H,2,7,16H2,1H3,(H,26,32)(H,27,28,29,30). The van der Waals surface area contributed by atoms with Gasteiger partial charge in [0.15, 0.2) is 0 Å². The van der Waals surface area contributed by atoms with Crippen molar-refractivity contribution >= 4 is 17.3 Å². The molecule has 4 aromatic rings. The number of hydrogen-bond donors (Lipinski definition) is 2. The molecule has 2 N–H and O–H groups in total. The Morgan fingerprint density at radius 1 is 0.938 bits per heavy atom. The number of carbonyl (C=O) groups excluding carboxylic acids is 1. The lowest BCUT2D eigenvalue weighted by Crippen LogP contribution is -2.47. The Morgan fingerprint density at radius 2 is 1.69 bits per heavy atom. The lowest BCUT2D eigenvalue weighted by atomic mass is 9.97. The number of anilines is 2. The number of tetrazole rings is 1. The van der Waals surface area contributed by atoms with Crippen LogP contribution in [0.5, 0.6) is 0 Å². The molecular weight excluding hydrogens is 400 g/mol. The smallest absolute Gasteiger partial charge is 0.247 e. The minimum atomic E-state index is -0.173. The molecule has 7 heteroatoms. The number of H-pyrrole nitrogens is 1. The van der Waals surface area contributed by atoms with Gasteiger partial charge < -0.3 is 10.2 Å². The summed E-state index contributed by atoms with van der Waals surface area (Å²) < 4.78 is 0. The second-order valence-electron chi connectivity index (χ2n) is 7.92. The zero-order valence-corrected chi connectivity index (χ0v) is 17.8. The van der Waals surface area contributed by atoms with E-state index in [-0.39, 0.29) is 11.9 Å². The summed E-state index contributed by atoms with van der Waals surface area (Å²) in [5.41, 5.74) is 6.14. The second kappa shape index (κ2) is 8.63. The van der Waals surface area contributed by atoms with E-state index in [0.717, 1.165) is 46.5 Å². The number of aromatic nitrogens is 4. The normalized spacial score (nSPS) is 15.3. The van der Waals surface area contributed by atoms with Crippen LogP contribution in [-0.2, 0) is 11.3 Å². The summed E-state index contributed by atoms with van der Waals surface area (Å²) in [6.07, 6.45) is 1.76. The minimum absolute atomic E-state index is 0.0659. The molecule has 1 aliphatic heterocycles. The first-order valence-electron chi connectivity index (χ1n) is 10.8. The molecule has 0 fully saturated rings. The maximum atomic E-state index is 12.8. The van der Waals surface area contributed by atoms with Gasteiger partial charge in [-0.1, -0.05) is 74.0 Å². The molecular formula is C25H24N6O. The fourth-order valence-corrected chi connectivity index (χ4v) is 4.30. The maximum Gasteiger partial charge on any atom is 0.247 e. The fourth-order valence-electron chi connectivity index (χ4n) is 4.30. The van der Waals surface area contributed by atoms with Crippen molar-refractivity contribution < 1.29 is 4.79 Å². The molecule has 0 bridgehead atoms. The van der Waals surface area contributed by atoms with E-state index >= 15 is 0 Å². The van der Waals surface area contributed by atoms with Gasteiger partial charge in [-0.05, 0) is 40.5 Å². The molecule has 0 saturated heterocycles. The molecule has 32 heavy (non-hydrogen) atoms. The highest BCUT2D eigenvalue weighted by Gasteiger charge is 2.31. The SMILES string of the molecule is CCCC1C(=O)Nc2ccccc2N1Cc1ccc(-c2ccccc2-c2nn[nH]n2)cc1. The van der Waals surface area contributed by atoms with Gasteiger partial charge in [0.2, 0.25) is 11.7 Å². The summed E-state index contributed by atoms with van der Waals surface area (Å²) in [5.74, 6) is 0.638. The Kier molecular flexibility index (Phi) is 5.37. The quantitative estimate of drug-likeness (QED) is 0.470. The van der Waals surface area contributed by atoms with Gasteiger partial charge in [0.05, 0.1) is 11.4 Å². The van der Waals surface area contributed by atoms with Gasteiger partial charge in [-0.2, -0.15) is 5.21 Å². The Morgan fingerprint density at radius 3 is 2.44 bits per heavy atom. The number of aromatic amines is 1. The van der Waals surface area contributed by atoms with E-state index in [4.69, 9.17) is 0 Å². The molecule has 1 aromatic heterocycles. The molecule has 7 nitrogen and oxygen atoms in total. The first-order chi connectivity index (χ1) is 15.7. The van der Waals surface area contributed by atoms with E-state index in [1.165, 1.54) is 0 Å². The summed E-state index contributed by atoms with van der Waals surface area (Å²) in [6, 6.07) is 24.3. The van der Waals surface area contributed by atoms with E-state index in [1.54, 1.807) is 0 Å². The molecule has 5 rings (SSSR count). The molecule has 1 unspecified atom stereocenters. The van der Waals surface area contributed by atoms with Crippen LogP contribution in [0.25, 0.3) is 22.5 Å². The number of para-hydroxylation sites is 2. The Bertz CT molecular complexity index is 1220. The first kappa shape index (κ1) is 19.9. The summed E-state index contributed by atoms with van der Waals surface area (Å²) >= 11 is 0. The topological polar surface area (TPSA) is 86.8 Å². The van der Waals surface area contributed by atoms with Crippen LogP contribution in [0.15, 0.2) is 72.8 Å². The summed E-state index contributed by atoms with van der Waals surface area (Å²) in [5, 5.41) is 17.5. The Balaban J connectivity index is 1.45. The number of nitrogens with zero attached hydrogens (tertiary/aromatic N) is 4.